The molecule has 0 saturated carbocycles. The maximum absolute atomic E-state index is 11.7. The summed E-state index contributed by atoms with van der Waals surface area (Å²) in [6.45, 7) is 0.306. The summed E-state index contributed by atoms with van der Waals surface area (Å²) in [5.74, 6) is -0.293. The number of pyridine rings is 1. The molecule has 17 heavy (non-hydrogen) atoms. The van der Waals surface area contributed by atoms with Crippen LogP contribution in [0.2, 0.25) is 5.02 Å². The lowest BCUT2D eigenvalue weighted by atomic mass is 10.3. The summed E-state index contributed by atoms with van der Waals surface area (Å²) in [4.78, 5) is 15.6. The Labute approximate surface area is 103 Å². The minimum Gasteiger partial charge on any atom is -0.345 e. The van der Waals surface area contributed by atoms with Gasteiger partial charge in [-0.15, -0.1) is 0 Å². The number of rotatable bonds is 3. The summed E-state index contributed by atoms with van der Waals surface area (Å²) < 4.78 is 0. The van der Waals surface area contributed by atoms with Crippen molar-refractivity contribution in [1.82, 2.24) is 20.5 Å². The van der Waals surface area contributed by atoms with Crippen molar-refractivity contribution in [2.75, 3.05) is 0 Å². The van der Waals surface area contributed by atoms with Gasteiger partial charge in [0.1, 0.15) is 5.69 Å². The highest BCUT2D eigenvalue weighted by Gasteiger charge is 2.07. The largest absolute Gasteiger partial charge is 0.345 e. The molecule has 2 heterocycles. The standard InChI is InChI=1S/C11H9ClN4O/c12-8-3-5-13-10(6-8)11(17)14-7-9-2-1-4-15-16-9/h1-6H,7H2,(H,14,17). The number of halogens is 1. The van der Waals surface area contributed by atoms with Gasteiger partial charge < -0.3 is 5.32 Å². The predicted molar refractivity (Wildman–Crippen MR) is 62.4 cm³/mol. The third kappa shape index (κ3) is 3.22. The van der Waals surface area contributed by atoms with Gasteiger partial charge in [0.25, 0.3) is 5.91 Å². The first-order chi connectivity index (χ1) is 8.25. The van der Waals surface area contributed by atoms with Crippen LogP contribution in [0.3, 0.4) is 0 Å². The van der Waals surface area contributed by atoms with E-state index in [1.165, 1.54) is 12.3 Å². The number of nitrogens with zero attached hydrogens (tertiary/aromatic N) is 3. The average molecular weight is 249 g/mol. The molecule has 1 amide bonds. The van der Waals surface area contributed by atoms with Crippen molar-refractivity contribution in [3.05, 3.63) is 53.1 Å². The van der Waals surface area contributed by atoms with E-state index in [0.717, 1.165) is 0 Å². The molecule has 2 rings (SSSR count). The molecule has 0 saturated heterocycles. The Morgan fingerprint density at radius 3 is 2.94 bits per heavy atom. The zero-order valence-corrected chi connectivity index (χ0v) is 9.55. The Hall–Kier alpha value is -2.01. The SMILES string of the molecule is O=C(NCc1cccnn1)c1cc(Cl)ccn1. The second-order valence-corrected chi connectivity index (χ2v) is 3.69. The van der Waals surface area contributed by atoms with E-state index in [4.69, 9.17) is 11.6 Å². The first-order valence-electron chi connectivity index (χ1n) is 4.92. The molecule has 6 heteroatoms. The van der Waals surface area contributed by atoms with Crippen molar-refractivity contribution in [3.8, 4) is 0 Å². The smallest absolute Gasteiger partial charge is 0.270 e. The van der Waals surface area contributed by atoms with Gasteiger partial charge in [-0.3, -0.25) is 9.78 Å². The van der Waals surface area contributed by atoms with Crippen LogP contribution in [0, 0.1) is 0 Å². The highest BCUT2D eigenvalue weighted by molar-refractivity contribution is 6.30. The van der Waals surface area contributed by atoms with Crippen LogP contribution in [0.4, 0.5) is 0 Å². The fourth-order valence-electron chi connectivity index (χ4n) is 1.22. The fraction of sp³-hybridized carbons (Fsp3) is 0.0909. The van der Waals surface area contributed by atoms with Crippen molar-refractivity contribution in [3.63, 3.8) is 0 Å². The maximum atomic E-state index is 11.7. The van der Waals surface area contributed by atoms with Gasteiger partial charge in [-0.25, -0.2) is 0 Å². The van der Waals surface area contributed by atoms with Crippen LogP contribution in [0.25, 0.3) is 0 Å². The van der Waals surface area contributed by atoms with Crippen LogP contribution >= 0.6 is 11.6 Å². The van der Waals surface area contributed by atoms with Gasteiger partial charge in [-0.1, -0.05) is 11.6 Å². The Kier molecular flexibility index (Phi) is 3.62. The van der Waals surface area contributed by atoms with E-state index < -0.39 is 0 Å². The molecule has 0 aromatic carbocycles. The number of carbonyl (C=O) groups is 1. The quantitative estimate of drug-likeness (QED) is 0.893. The van der Waals surface area contributed by atoms with E-state index in [0.29, 0.717) is 17.3 Å². The first kappa shape index (κ1) is 11.5. The molecule has 86 valence electrons. The molecule has 0 spiro atoms. The molecule has 0 aliphatic carbocycles. The van der Waals surface area contributed by atoms with Crippen molar-refractivity contribution in [1.29, 1.82) is 0 Å². The molecule has 2 aromatic heterocycles. The molecule has 5 nitrogen and oxygen atoms in total. The summed E-state index contributed by atoms with van der Waals surface area (Å²) >= 11 is 5.76. The molecule has 1 N–H and O–H groups in total. The summed E-state index contributed by atoms with van der Waals surface area (Å²) in [6, 6.07) is 6.65. The van der Waals surface area contributed by atoms with Crippen LogP contribution in [0.1, 0.15) is 16.2 Å². The van der Waals surface area contributed by atoms with Gasteiger partial charge >= 0.3 is 0 Å². The number of carbonyl (C=O) groups excluding carboxylic acids is 1. The second kappa shape index (κ2) is 5.36. The van der Waals surface area contributed by atoms with Gasteiger partial charge in [0.05, 0.1) is 12.2 Å². The summed E-state index contributed by atoms with van der Waals surface area (Å²) in [5.41, 5.74) is 0.962. The summed E-state index contributed by atoms with van der Waals surface area (Å²) in [5, 5.41) is 10.7. The highest BCUT2D eigenvalue weighted by atomic mass is 35.5. The molecule has 0 radical (unpaired) electrons. The number of hydrogen-bond donors (Lipinski definition) is 1. The predicted octanol–water partition coefficient (Wildman–Crippen LogP) is 1.46. The zero-order chi connectivity index (χ0) is 12.1. The molecule has 0 fully saturated rings. The van der Waals surface area contributed by atoms with E-state index in [2.05, 4.69) is 20.5 Å². The molecule has 2 aromatic rings. The highest BCUT2D eigenvalue weighted by Crippen LogP contribution is 2.07. The maximum Gasteiger partial charge on any atom is 0.270 e. The van der Waals surface area contributed by atoms with E-state index in [-0.39, 0.29) is 11.6 Å². The van der Waals surface area contributed by atoms with Crippen molar-refractivity contribution in [2.24, 2.45) is 0 Å². The monoisotopic (exact) mass is 248 g/mol. The first-order valence-corrected chi connectivity index (χ1v) is 5.30. The van der Waals surface area contributed by atoms with Gasteiger partial charge in [0.2, 0.25) is 0 Å². The summed E-state index contributed by atoms with van der Waals surface area (Å²) in [6.07, 6.45) is 3.06. The Balaban J connectivity index is 1.98. The molecule has 0 unspecified atom stereocenters. The topological polar surface area (TPSA) is 67.8 Å². The van der Waals surface area contributed by atoms with Gasteiger partial charge in [0, 0.05) is 17.4 Å². The minimum absolute atomic E-state index is 0.279. The third-order valence-corrected chi connectivity index (χ3v) is 2.25. The van der Waals surface area contributed by atoms with Crippen molar-refractivity contribution in [2.45, 2.75) is 6.54 Å². The molecule has 0 atom stereocenters. The average Bonchev–Trinajstić information content (AvgIpc) is 2.37. The number of aromatic nitrogens is 3. The van der Waals surface area contributed by atoms with Crippen LogP contribution in [0.5, 0.6) is 0 Å². The van der Waals surface area contributed by atoms with Crippen molar-refractivity contribution >= 4 is 17.5 Å². The molecule has 0 aliphatic rings. The lowest BCUT2D eigenvalue weighted by Crippen LogP contribution is -2.24. The Morgan fingerprint density at radius 1 is 1.35 bits per heavy atom. The molecular formula is C11H9ClN4O. The molecular weight excluding hydrogens is 240 g/mol. The van der Waals surface area contributed by atoms with Crippen LogP contribution in [-0.2, 0) is 6.54 Å². The van der Waals surface area contributed by atoms with Crippen LogP contribution in [0.15, 0.2) is 36.7 Å². The van der Waals surface area contributed by atoms with E-state index in [1.807, 2.05) is 0 Å². The van der Waals surface area contributed by atoms with Crippen LogP contribution < -0.4 is 5.32 Å². The lowest BCUT2D eigenvalue weighted by molar-refractivity contribution is 0.0945. The second-order valence-electron chi connectivity index (χ2n) is 3.26. The number of nitrogens with one attached hydrogen (secondary N) is 1. The fourth-order valence-corrected chi connectivity index (χ4v) is 1.38. The third-order valence-electron chi connectivity index (χ3n) is 2.01. The van der Waals surface area contributed by atoms with E-state index in [9.17, 15) is 4.79 Å². The van der Waals surface area contributed by atoms with E-state index >= 15 is 0 Å². The van der Waals surface area contributed by atoms with Gasteiger partial charge in [-0.2, -0.15) is 10.2 Å². The summed E-state index contributed by atoms with van der Waals surface area (Å²) in [7, 11) is 0. The van der Waals surface area contributed by atoms with Gasteiger partial charge in [-0.05, 0) is 24.3 Å². The zero-order valence-electron chi connectivity index (χ0n) is 8.80. The normalized spacial score (nSPS) is 9.94. The van der Waals surface area contributed by atoms with Crippen LogP contribution in [-0.4, -0.2) is 21.1 Å². The van der Waals surface area contributed by atoms with Gasteiger partial charge in [0.15, 0.2) is 0 Å². The van der Waals surface area contributed by atoms with Crippen molar-refractivity contribution < 1.29 is 4.79 Å². The Bertz CT molecular complexity index is 518. The molecule has 0 aliphatic heterocycles. The lowest BCUT2D eigenvalue weighted by Gasteiger charge is -2.03. The van der Waals surface area contributed by atoms with E-state index in [1.54, 1.807) is 24.4 Å². The Morgan fingerprint density at radius 2 is 2.24 bits per heavy atom. The molecule has 0 bridgehead atoms. The minimum atomic E-state index is -0.293. The number of amides is 1. The number of hydrogen-bond acceptors (Lipinski definition) is 4.